The van der Waals surface area contributed by atoms with Crippen molar-refractivity contribution < 1.29 is 14.2 Å². The molecule has 3 heteroatoms. The minimum absolute atomic E-state index is 0.0579. The Balaban J connectivity index is 1.79. The summed E-state index contributed by atoms with van der Waals surface area (Å²) in [7, 11) is 1.66. The van der Waals surface area contributed by atoms with Gasteiger partial charge in [-0.05, 0) is 41.7 Å². The maximum absolute atomic E-state index is 6.07. The molecule has 2 aromatic carbocycles. The molecule has 2 aromatic rings. The topological polar surface area (TPSA) is 27.7 Å². The van der Waals surface area contributed by atoms with E-state index < -0.39 is 0 Å². The van der Waals surface area contributed by atoms with Crippen molar-refractivity contribution in [1.82, 2.24) is 0 Å². The minimum atomic E-state index is -0.178. The average Bonchev–Trinajstić information content (AvgIpc) is 3.08. The molecule has 1 aliphatic rings. The molecule has 3 rings (SSSR count). The molecule has 0 bridgehead atoms. The molecular weight excluding hydrogens is 336 g/mol. The zero-order valence-electron chi connectivity index (χ0n) is 15.8. The van der Waals surface area contributed by atoms with Gasteiger partial charge in [-0.1, -0.05) is 55.0 Å². The van der Waals surface area contributed by atoms with Crippen molar-refractivity contribution in [2.75, 3.05) is 20.3 Å². The normalized spacial score (nSPS) is 20.2. The Kier molecular flexibility index (Phi) is 6.70. The first-order valence-electron chi connectivity index (χ1n) is 9.25. The summed E-state index contributed by atoms with van der Waals surface area (Å²) in [6.07, 6.45) is 7.21. The smallest absolute Gasteiger partial charge is 0.118 e. The van der Waals surface area contributed by atoms with E-state index in [1.807, 2.05) is 30.3 Å². The van der Waals surface area contributed by atoms with E-state index in [-0.39, 0.29) is 24.7 Å². The number of aryl methyl sites for hydroxylation is 1. The van der Waals surface area contributed by atoms with Crippen molar-refractivity contribution in [3.63, 3.8) is 0 Å². The first kappa shape index (κ1) is 19.2. The van der Waals surface area contributed by atoms with Gasteiger partial charge in [-0.25, -0.2) is 0 Å². The van der Waals surface area contributed by atoms with E-state index in [0.717, 1.165) is 29.7 Å². The third-order valence-corrected chi connectivity index (χ3v) is 5.03. The largest absolute Gasteiger partial charge is 0.497 e. The van der Waals surface area contributed by atoms with Gasteiger partial charge in [0.2, 0.25) is 0 Å². The number of hydrogen-bond acceptors (Lipinski definition) is 3. The fourth-order valence-corrected chi connectivity index (χ4v) is 3.64. The van der Waals surface area contributed by atoms with Crippen molar-refractivity contribution in [2.24, 2.45) is 5.92 Å². The lowest BCUT2D eigenvalue weighted by molar-refractivity contribution is -0.00509. The zero-order chi connectivity index (χ0) is 19.1. The van der Waals surface area contributed by atoms with E-state index in [1.54, 1.807) is 7.11 Å². The number of benzene rings is 2. The van der Waals surface area contributed by atoms with E-state index in [0.29, 0.717) is 6.61 Å². The highest BCUT2D eigenvalue weighted by Gasteiger charge is 2.38. The molecule has 0 unspecified atom stereocenters. The Bertz CT molecular complexity index is 774. The van der Waals surface area contributed by atoms with Crippen LogP contribution in [0.5, 0.6) is 5.75 Å². The number of rotatable bonds is 8. The van der Waals surface area contributed by atoms with Crippen molar-refractivity contribution in [3.05, 3.63) is 77.9 Å². The lowest BCUT2D eigenvalue weighted by atomic mass is 9.85. The SMILES string of the molecule is C#CCO[C@@H](c1ccc(OC)cc1)[C@@H]1C(=C)CO[C@@H]1CCc1ccccc1. The molecular formula is C24H26O3. The van der Waals surface area contributed by atoms with Crippen LogP contribution < -0.4 is 4.74 Å². The van der Waals surface area contributed by atoms with Gasteiger partial charge in [0.15, 0.2) is 0 Å². The Morgan fingerprint density at radius 1 is 1.19 bits per heavy atom. The van der Waals surface area contributed by atoms with Crippen LogP contribution in [-0.4, -0.2) is 26.4 Å². The minimum Gasteiger partial charge on any atom is -0.497 e. The third-order valence-electron chi connectivity index (χ3n) is 5.03. The molecule has 3 atom stereocenters. The molecule has 0 N–H and O–H groups in total. The molecule has 1 fully saturated rings. The molecule has 27 heavy (non-hydrogen) atoms. The summed E-state index contributed by atoms with van der Waals surface area (Å²) in [6.45, 7) is 5.07. The molecule has 0 spiro atoms. The number of terminal acetylenes is 1. The molecule has 0 saturated carbocycles. The fourth-order valence-electron chi connectivity index (χ4n) is 3.64. The summed E-state index contributed by atoms with van der Waals surface area (Å²) in [5.74, 6) is 3.48. The number of methoxy groups -OCH3 is 1. The summed E-state index contributed by atoms with van der Waals surface area (Å²) in [5.41, 5.74) is 3.43. The van der Waals surface area contributed by atoms with Gasteiger partial charge >= 0.3 is 0 Å². The molecule has 1 saturated heterocycles. The standard InChI is InChI=1S/C24H26O3/c1-4-16-26-24(20-11-13-21(25-3)14-12-20)23-18(2)17-27-22(23)15-10-19-8-6-5-7-9-19/h1,5-9,11-14,22-24H,2,10,15-17H2,3H3/t22-,23-,24+/m1/s1. The summed E-state index contributed by atoms with van der Waals surface area (Å²) >= 11 is 0. The summed E-state index contributed by atoms with van der Waals surface area (Å²) in [4.78, 5) is 0. The molecule has 140 valence electrons. The van der Waals surface area contributed by atoms with Gasteiger partial charge in [-0.15, -0.1) is 6.42 Å². The Labute approximate surface area is 162 Å². The monoisotopic (exact) mass is 362 g/mol. The fraction of sp³-hybridized carbons (Fsp3) is 0.333. The van der Waals surface area contributed by atoms with Gasteiger partial charge in [-0.2, -0.15) is 0 Å². The Morgan fingerprint density at radius 2 is 1.93 bits per heavy atom. The van der Waals surface area contributed by atoms with E-state index in [9.17, 15) is 0 Å². The van der Waals surface area contributed by atoms with E-state index in [4.69, 9.17) is 20.6 Å². The van der Waals surface area contributed by atoms with Gasteiger partial charge < -0.3 is 14.2 Å². The zero-order valence-corrected chi connectivity index (χ0v) is 15.8. The van der Waals surface area contributed by atoms with Crippen LogP contribution in [0.4, 0.5) is 0 Å². The average molecular weight is 362 g/mol. The molecule has 1 heterocycles. The predicted octanol–water partition coefficient (Wildman–Crippen LogP) is 4.59. The second-order valence-electron chi connectivity index (χ2n) is 6.77. The molecule has 0 radical (unpaired) electrons. The highest BCUT2D eigenvalue weighted by molar-refractivity contribution is 5.31. The first-order valence-corrected chi connectivity index (χ1v) is 9.25. The van der Waals surface area contributed by atoms with Gasteiger partial charge in [0.1, 0.15) is 12.4 Å². The maximum Gasteiger partial charge on any atom is 0.118 e. The van der Waals surface area contributed by atoms with Crippen LogP contribution in [0, 0.1) is 18.3 Å². The second kappa shape index (κ2) is 9.41. The van der Waals surface area contributed by atoms with Crippen molar-refractivity contribution in [3.8, 4) is 18.1 Å². The van der Waals surface area contributed by atoms with Gasteiger partial charge in [-0.3, -0.25) is 0 Å². The molecule has 3 nitrogen and oxygen atoms in total. The third kappa shape index (κ3) is 4.80. The van der Waals surface area contributed by atoms with Crippen LogP contribution in [0.25, 0.3) is 0 Å². The highest BCUT2D eigenvalue weighted by atomic mass is 16.5. The van der Waals surface area contributed by atoms with Crippen molar-refractivity contribution in [1.29, 1.82) is 0 Å². The molecule has 0 aromatic heterocycles. The van der Waals surface area contributed by atoms with Crippen LogP contribution in [-0.2, 0) is 15.9 Å². The van der Waals surface area contributed by atoms with Gasteiger partial charge in [0, 0.05) is 5.92 Å². The second-order valence-corrected chi connectivity index (χ2v) is 6.77. The Morgan fingerprint density at radius 3 is 2.59 bits per heavy atom. The van der Waals surface area contributed by atoms with Crippen molar-refractivity contribution >= 4 is 0 Å². The van der Waals surface area contributed by atoms with E-state index in [1.165, 1.54) is 5.56 Å². The summed E-state index contributed by atoms with van der Waals surface area (Å²) in [5, 5.41) is 0. The van der Waals surface area contributed by atoms with Crippen LogP contribution in [0.2, 0.25) is 0 Å². The number of hydrogen-bond donors (Lipinski definition) is 0. The summed E-state index contributed by atoms with van der Waals surface area (Å²) < 4.78 is 17.4. The first-order chi connectivity index (χ1) is 13.2. The van der Waals surface area contributed by atoms with Gasteiger partial charge in [0.25, 0.3) is 0 Å². The van der Waals surface area contributed by atoms with Crippen LogP contribution >= 0.6 is 0 Å². The summed E-state index contributed by atoms with van der Waals surface area (Å²) in [6, 6.07) is 18.4. The predicted molar refractivity (Wildman–Crippen MR) is 108 cm³/mol. The molecule has 0 amide bonds. The van der Waals surface area contributed by atoms with E-state index in [2.05, 4.69) is 36.8 Å². The lowest BCUT2D eigenvalue weighted by Gasteiger charge is -2.28. The van der Waals surface area contributed by atoms with Crippen LogP contribution in [0.3, 0.4) is 0 Å². The van der Waals surface area contributed by atoms with Crippen LogP contribution in [0.1, 0.15) is 23.7 Å². The maximum atomic E-state index is 6.07. The lowest BCUT2D eigenvalue weighted by Crippen LogP contribution is -2.26. The highest BCUT2D eigenvalue weighted by Crippen LogP contribution is 2.40. The molecule has 0 aliphatic carbocycles. The molecule has 1 aliphatic heterocycles. The van der Waals surface area contributed by atoms with Crippen molar-refractivity contribution in [2.45, 2.75) is 25.0 Å². The quantitative estimate of drug-likeness (QED) is 0.508. The van der Waals surface area contributed by atoms with Crippen LogP contribution in [0.15, 0.2) is 66.7 Å². The number of ether oxygens (including phenoxy) is 3. The van der Waals surface area contributed by atoms with E-state index >= 15 is 0 Å². The van der Waals surface area contributed by atoms with Gasteiger partial charge in [0.05, 0.1) is 25.9 Å². The Hall–Kier alpha value is -2.54.